The quantitative estimate of drug-likeness (QED) is 0.780. The SMILES string of the molecule is COc1cc(C(C)Nc2cnn(CCO)c2)ccc1OC(F)F. The molecule has 1 aromatic heterocycles. The fourth-order valence-electron chi connectivity index (χ4n) is 2.14. The first-order valence-electron chi connectivity index (χ1n) is 7.06. The van der Waals surface area contributed by atoms with Crippen LogP contribution in [0.2, 0.25) is 0 Å². The van der Waals surface area contributed by atoms with Crippen LogP contribution >= 0.6 is 0 Å². The minimum atomic E-state index is -2.90. The zero-order valence-corrected chi connectivity index (χ0v) is 12.9. The predicted molar refractivity (Wildman–Crippen MR) is 81.0 cm³/mol. The largest absolute Gasteiger partial charge is 0.493 e. The van der Waals surface area contributed by atoms with E-state index in [-0.39, 0.29) is 24.1 Å². The summed E-state index contributed by atoms with van der Waals surface area (Å²) >= 11 is 0. The van der Waals surface area contributed by atoms with Gasteiger partial charge >= 0.3 is 6.61 Å². The summed E-state index contributed by atoms with van der Waals surface area (Å²) in [5.74, 6) is 0.238. The maximum Gasteiger partial charge on any atom is 0.387 e. The molecule has 0 aliphatic carbocycles. The zero-order valence-electron chi connectivity index (χ0n) is 12.9. The number of rotatable bonds is 8. The van der Waals surface area contributed by atoms with Crippen molar-refractivity contribution in [2.45, 2.75) is 26.1 Å². The first-order valence-corrected chi connectivity index (χ1v) is 7.06. The van der Waals surface area contributed by atoms with Gasteiger partial charge in [-0.05, 0) is 24.6 Å². The standard InChI is InChI=1S/C15H19F2N3O3/c1-10(19-12-8-18-20(9-12)5-6-21)11-3-4-13(23-15(16)17)14(7-11)22-2/h3-4,7-10,15,19,21H,5-6H2,1-2H3. The number of nitrogens with zero attached hydrogens (tertiary/aromatic N) is 2. The molecule has 23 heavy (non-hydrogen) atoms. The van der Waals surface area contributed by atoms with Crippen LogP contribution < -0.4 is 14.8 Å². The van der Waals surface area contributed by atoms with Crippen molar-refractivity contribution in [1.29, 1.82) is 0 Å². The fourth-order valence-corrected chi connectivity index (χ4v) is 2.14. The number of aromatic nitrogens is 2. The van der Waals surface area contributed by atoms with Crippen molar-refractivity contribution in [3.8, 4) is 11.5 Å². The van der Waals surface area contributed by atoms with E-state index in [0.717, 1.165) is 11.3 Å². The highest BCUT2D eigenvalue weighted by Crippen LogP contribution is 2.32. The molecule has 1 heterocycles. The number of ether oxygens (including phenoxy) is 2. The van der Waals surface area contributed by atoms with Gasteiger partial charge in [-0.25, -0.2) is 0 Å². The molecule has 6 nitrogen and oxygen atoms in total. The van der Waals surface area contributed by atoms with E-state index in [1.54, 1.807) is 29.2 Å². The van der Waals surface area contributed by atoms with E-state index in [4.69, 9.17) is 9.84 Å². The van der Waals surface area contributed by atoms with Crippen molar-refractivity contribution in [2.24, 2.45) is 0 Å². The average molecular weight is 327 g/mol. The average Bonchev–Trinajstić information content (AvgIpc) is 2.94. The second kappa shape index (κ2) is 7.77. The van der Waals surface area contributed by atoms with Crippen LogP contribution in [-0.4, -0.2) is 35.2 Å². The Kier molecular flexibility index (Phi) is 5.75. The lowest BCUT2D eigenvalue weighted by atomic mass is 10.1. The van der Waals surface area contributed by atoms with Crippen molar-refractivity contribution in [3.05, 3.63) is 36.2 Å². The molecule has 0 fully saturated rings. The summed E-state index contributed by atoms with van der Waals surface area (Å²) < 4.78 is 35.8. The number of benzene rings is 1. The van der Waals surface area contributed by atoms with Crippen LogP contribution in [0, 0.1) is 0 Å². The van der Waals surface area contributed by atoms with Crippen LogP contribution in [0.15, 0.2) is 30.6 Å². The zero-order chi connectivity index (χ0) is 16.8. The summed E-state index contributed by atoms with van der Waals surface area (Å²) in [6, 6.07) is 4.69. The van der Waals surface area contributed by atoms with Gasteiger partial charge in [-0.3, -0.25) is 4.68 Å². The maximum atomic E-state index is 12.3. The van der Waals surface area contributed by atoms with E-state index in [9.17, 15) is 8.78 Å². The highest BCUT2D eigenvalue weighted by atomic mass is 19.3. The van der Waals surface area contributed by atoms with E-state index in [0.29, 0.717) is 6.54 Å². The lowest BCUT2D eigenvalue weighted by molar-refractivity contribution is -0.0512. The van der Waals surface area contributed by atoms with Gasteiger partial charge in [0.15, 0.2) is 11.5 Å². The highest BCUT2D eigenvalue weighted by Gasteiger charge is 2.14. The summed E-state index contributed by atoms with van der Waals surface area (Å²) in [6.45, 7) is -0.544. The van der Waals surface area contributed by atoms with Crippen LogP contribution in [0.4, 0.5) is 14.5 Å². The van der Waals surface area contributed by atoms with Crippen LogP contribution in [0.3, 0.4) is 0 Å². The van der Waals surface area contributed by atoms with Gasteiger partial charge in [0.25, 0.3) is 0 Å². The molecule has 2 aromatic rings. The minimum absolute atomic E-state index is 0.00536. The number of anilines is 1. The number of nitrogens with one attached hydrogen (secondary N) is 1. The Morgan fingerprint density at radius 2 is 2.13 bits per heavy atom. The first-order chi connectivity index (χ1) is 11.0. The maximum absolute atomic E-state index is 12.3. The molecule has 1 unspecified atom stereocenters. The minimum Gasteiger partial charge on any atom is -0.493 e. The van der Waals surface area contributed by atoms with Crippen LogP contribution in [0.1, 0.15) is 18.5 Å². The van der Waals surface area contributed by atoms with Gasteiger partial charge in [-0.15, -0.1) is 0 Å². The molecular weight excluding hydrogens is 308 g/mol. The number of aliphatic hydroxyl groups is 1. The van der Waals surface area contributed by atoms with Crippen LogP contribution in [0.5, 0.6) is 11.5 Å². The van der Waals surface area contributed by atoms with Crippen molar-refractivity contribution >= 4 is 5.69 Å². The topological polar surface area (TPSA) is 68.5 Å². The molecule has 0 saturated carbocycles. The number of hydrogen-bond acceptors (Lipinski definition) is 5. The smallest absolute Gasteiger partial charge is 0.387 e. The molecule has 0 amide bonds. The second-order valence-corrected chi connectivity index (χ2v) is 4.87. The van der Waals surface area contributed by atoms with E-state index >= 15 is 0 Å². The van der Waals surface area contributed by atoms with Crippen molar-refractivity contribution in [3.63, 3.8) is 0 Å². The molecule has 1 aromatic carbocycles. The van der Waals surface area contributed by atoms with Crippen LogP contribution in [0.25, 0.3) is 0 Å². The second-order valence-electron chi connectivity index (χ2n) is 4.87. The van der Waals surface area contributed by atoms with Gasteiger partial charge in [0.05, 0.1) is 32.1 Å². The summed E-state index contributed by atoms with van der Waals surface area (Å²) in [6.07, 6.45) is 3.43. The van der Waals surface area contributed by atoms with Gasteiger partial charge in [-0.2, -0.15) is 13.9 Å². The third-order valence-electron chi connectivity index (χ3n) is 3.25. The molecule has 0 radical (unpaired) electrons. The molecule has 0 saturated heterocycles. The van der Waals surface area contributed by atoms with Crippen molar-refractivity contribution in [1.82, 2.24) is 9.78 Å². The molecule has 0 aliphatic rings. The fraction of sp³-hybridized carbons (Fsp3) is 0.400. The van der Waals surface area contributed by atoms with E-state index in [1.165, 1.54) is 13.2 Å². The monoisotopic (exact) mass is 327 g/mol. The number of aliphatic hydroxyl groups excluding tert-OH is 1. The summed E-state index contributed by atoms with van der Waals surface area (Å²) in [7, 11) is 1.40. The van der Waals surface area contributed by atoms with E-state index in [2.05, 4.69) is 15.2 Å². The molecule has 0 bridgehead atoms. The lowest BCUT2D eigenvalue weighted by Crippen LogP contribution is -2.08. The van der Waals surface area contributed by atoms with E-state index in [1.807, 2.05) is 6.92 Å². The molecule has 8 heteroatoms. The number of methoxy groups -OCH3 is 1. The Morgan fingerprint density at radius 3 is 2.78 bits per heavy atom. The molecule has 2 rings (SSSR count). The summed E-state index contributed by atoms with van der Waals surface area (Å²) in [4.78, 5) is 0. The summed E-state index contributed by atoms with van der Waals surface area (Å²) in [5.41, 5.74) is 1.64. The molecule has 0 aliphatic heterocycles. The van der Waals surface area contributed by atoms with Gasteiger partial charge in [0, 0.05) is 12.2 Å². The third-order valence-corrected chi connectivity index (χ3v) is 3.25. The van der Waals surface area contributed by atoms with Gasteiger partial charge < -0.3 is 19.9 Å². The molecule has 1 atom stereocenters. The normalized spacial score (nSPS) is 12.3. The van der Waals surface area contributed by atoms with Crippen molar-refractivity contribution < 1.29 is 23.4 Å². The Morgan fingerprint density at radius 1 is 1.35 bits per heavy atom. The molecule has 2 N–H and O–H groups in total. The first kappa shape index (κ1) is 17.0. The van der Waals surface area contributed by atoms with Gasteiger partial charge in [-0.1, -0.05) is 6.07 Å². The molecule has 0 spiro atoms. The van der Waals surface area contributed by atoms with E-state index < -0.39 is 6.61 Å². The predicted octanol–water partition coefficient (Wildman–Crippen LogP) is 2.66. The Bertz CT molecular complexity index is 634. The Labute approximate surface area is 132 Å². The van der Waals surface area contributed by atoms with Gasteiger partial charge in [0.2, 0.25) is 0 Å². The molecule has 126 valence electrons. The molecular formula is C15H19F2N3O3. The van der Waals surface area contributed by atoms with Crippen molar-refractivity contribution in [2.75, 3.05) is 19.0 Å². The summed E-state index contributed by atoms with van der Waals surface area (Å²) in [5, 5.41) is 16.2. The number of hydrogen-bond donors (Lipinski definition) is 2. The number of halogens is 2. The third kappa shape index (κ3) is 4.56. The Balaban J connectivity index is 2.10. The number of alkyl halides is 2. The van der Waals surface area contributed by atoms with Gasteiger partial charge in [0.1, 0.15) is 0 Å². The Hall–Kier alpha value is -2.35. The van der Waals surface area contributed by atoms with Crippen LogP contribution in [-0.2, 0) is 6.54 Å². The highest BCUT2D eigenvalue weighted by molar-refractivity contribution is 5.47. The lowest BCUT2D eigenvalue weighted by Gasteiger charge is -2.17.